The molecule has 126 valence electrons. The third kappa shape index (κ3) is 4.14. The number of urea groups is 1. The van der Waals surface area contributed by atoms with Gasteiger partial charge in [-0.1, -0.05) is 46.9 Å². The van der Waals surface area contributed by atoms with Gasteiger partial charge in [0.15, 0.2) is 0 Å². The molecule has 0 aliphatic carbocycles. The summed E-state index contributed by atoms with van der Waals surface area (Å²) in [6.07, 6.45) is -0.271. The maximum Gasteiger partial charge on any atom is 0.322 e. The molecule has 0 aromatic heterocycles. The fourth-order valence-corrected chi connectivity index (χ4v) is 3.28. The molecule has 2 aromatic carbocycles. The van der Waals surface area contributed by atoms with Gasteiger partial charge in [0.05, 0.1) is 23.9 Å². The van der Waals surface area contributed by atoms with Crippen LogP contribution in [0, 0.1) is 0 Å². The van der Waals surface area contributed by atoms with Crippen molar-refractivity contribution in [1.29, 1.82) is 0 Å². The van der Waals surface area contributed by atoms with Gasteiger partial charge in [-0.3, -0.25) is 0 Å². The summed E-state index contributed by atoms with van der Waals surface area (Å²) in [5.41, 5.74) is 1.43. The Balaban J connectivity index is 1.71. The molecule has 1 fully saturated rings. The van der Waals surface area contributed by atoms with Crippen molar-refractivity contribution in [2.45, 2.75) is 6.10 Å². The first kappa shape index (κ1) is 17.4. The van der Waals surface area contributed by atoms with Crippen molar-refractivity contribution in [1.82, 2.24) is 4.90 Å². The van der Waals surface area contributed by atoms with E-state index in [0.29, 0.717) is 40.5 Å². The van der Waals surface area contributed by atoms with E-state index in [1.54, 1.807) is 35.2 Å². The fraction of sp³-hybridized carbons (Fsp3) is 0.235. The summed E-state index contributed by atoms with van der Waals surface area (Å²) in [7, 11) is 0. The number of ether oxygens (including phenoxy) is 1. The highest BCUT2D eigenvalue weighted by Gasteiger charge is 2.26. The molecule has 0 bridgehead atoms. The van der Waals surface area contributed by atoms with Crippen LogP contribution in [0.4, 0.5) is 10.5 Å². The van der Waals surface area contributed by atoms with Crippen molar-refractivity contribution >= 4 is 46.5 Å². The predicted octanol–water partition coefficient (Wildman–Crippen LogP) is 5.25. The smallest absolute Gasteiger partial charge is 0.322 e. The summed E-state index contributed by atoms with van der Waals surface area (Å²) in [5, 5.41) is 4.40. The van der Waals surface area contributed by atoms with E-state index in [-0.39, 0.29) is 12.1 Å². The summed E-state index contributed by atoms with van der Waals surface area (Å²) in [5.74, 6) is 0. The number of halogens is 3. The summed E-state index contributed by atoms with van der Waals surface area (Å²) < 4.78 is 5.76. The van der Waals surface area contributed by atoms with Crippen molar-refractivity contribution < 1.29 is 9.53 Å². The third-order valence-electron chi connectivity index (χ3n) is 3.73. The molecule has 0 unspecified atom stereocenters. The van der Waals surface area contributed by atoms with E-state index in [4.69, 9.17) is 39.5 Å². The van der Waals surface area contributed by atoms with Gasteiger partial charge < -0.3 is 15.0 Å². The van der Waals surface area contributed by atoms with Gasteiger partial charge in [-0.05, 0) is 35.9 Å². The molecule has 0 saturated carbocycles. The first-order chi connectivity index (χ1) is 11.5. The Bertz CT molecular complexity index is 734. The van der Waals surface area contributed by atoms with Crippen LogP contribution in [0.5, 0.6) is 0 Å². The Morgan fingerprint density at radius 3 is 2.54 bits per heavy atom. The molecule has 1 atom stereocenters. The molecule has 1 saturated heterocycles. The molecule has 2 aromatic rings. The Morgan fingerprint density at radius 1 is 1.12 bits per heavy atom. The Labute approximate surface area is 155 Å². The zero-order valence-corrected chi connectivity index (χ0v) is 14.9. The van der Waals surface area contributed by atoms with Crippen molar-refractivity contribution in [2.75, 3.05) is 25.0 Å². The molecule has 0 spiro atoms. The number of nitrogens with one attached hydrogen (secondary N) is 1. The number of morpholine rings is 1. The molecule has 7 heteroatoms. The van der Waals surface area contributed by atoms with Crippen LogP contribution < -0.4 is 5.32 Å². The molecule has 3 rings (SSSR count). The van der Waals surface area contributed by atoms with Gasteiger partial charge in [-0.2, -0.15) is 0 Å². The van der Waals surface area contributed by atoms with Crippen LogP contribution in [0.2, 0.25) is 15.1 Å². The number of carbonyl (C=O) groups is 1. The average molecular weight is 386 g/mol. The number of benzene rings is 2. The standard InChI is InChI=1S/C17H15Cl3N2O2/c18-12-7-11(8-13(19)9-12)16-10-22(5-6-24-16)17(23)21-15-4-2-1-3-14(15)20/h1-4,7-9,16H,5-6,10H2,(H,21,23)/t16-/m1/s1. The number of nitrogens with zero attached hydrogens (tertiary/aromatic N) is 1. The summed E-state index contributed by atoms with van der Waals surface area (Å²) in [4.78, 5) is 14.2. The molecule has 4 nitrogen and oxygen atoms in total. The Kier molecular flexibility index (Phi) is 5.51. The van der Waals surface area contributed by atoms with Crippen molar-refractivity contribution in [3.05, 3.63) is 63.1 Å². The lowest BCUT2D eigenvalue weighted by Crippen LogP contribution is -2.44. The summed E-state index contributed by atoms with van der Waals surface area (Å²) >= 11 is 18.2. The van der Waals surface area contributed by atoms with Gasteiger partial charge in [0.25, 0.3) is 0 Å². The Hall–Kier alpha value is -1.46. The van der Waals surface area contributed by atoms with E-state index in [1.165, 1.54) is 0 Å². The molecule has 1 aliphatic heterocycles. The molecule has 2 amide bonds. The third-order valence-corrected chi connectivity index (χ3v) is 4.49. The fourth-order valence-electron chi connectivity index (χ4n) is 2.55. The van der Waals surface area contributed by atoms with E-state index < -0.39 is 0 Å². The van der Waals surface area contributed by atoms with Crippen LogP contribution >= 0.6 is 34.8 Å². The zero-order valence-electron chi connectivity index (χ0n) is 12.6. The number of para-hydroxylation sites is 1. The van der Waals surface area contributed by atoms with Gasteiger partial charge in [0.1, 0.15) is 6.10 Å². The topological polar surface area (TPSA) is 41.6 Å². The minimum absolute atomic E-state index is 0.218. The highest BCUT2D eigenvalue weighted by molar-refractivity contribution is 6.34. The maximum absolute atomic E-state index is 12.5. The first-order valence-electron chi connectivity index (χ1n) is 7.41. The highest BCUT2D eigenvalue weighted by Crippen LogP contribution is 2.28. The van der Waals surface area contributed by atoms with Gasteiger partial charge in [-0.15, -0.1) is 0 Å². The lowest BCUT2D eigenvalue weighted by Gasteiger charge is -2.33. The SMILES string of the molecule is O=C(Nc1ccccc1Cl)N1CCO[C@@H](c2cc(Cl)cc(Cl)c2)C1. The largest absolute Gasteiger partial charge is 0.370 e. The van der Waals surface area contributed by atoms with Gasteiger partial charge >= 0.3 is 6.03 Å². The van der Waals surface area contributed by atoms with Crippen LogP contribution in [0.3, 0.4) is 0 Å². The average Bonchev–Trinajstić information content (AvgIpc) is 2.56. The van der Waals surface area contributed by atoms with Crippen LogP contribution in [0.1, 0.15) is 11.7 Å². The van der Waals surface area contributed by atoms with Crippen LogP contribution in [-0.2, 0) is 4.74 Å². The first-order valence-corrected chi connectivity index (χ1v) is 8.54. The number of hydrogen-bond donors (Lipinski definition) is 1. The van der Waals surface area contributed by atoms with E-state index in [9.17, 15) is 4.79 Å². The quantitative estimate of drug-likeness (QED) is 0.767. The molecular formula is C17H15Cl3N2O2. The highest BCUT2D eigenvalue weighted by atomic mass is 35.5. The van der Waals surface area contributed by atoms with Crippen molar-refractivity contribution in [3.8, 4) is 0 Å². The number of hydrogen-bond acceptors (Lipinski definition) is 2. The van der Waals surface area contributed by atoms with Gasteiger partial charge in [0.2, 0.25) is 0 Å². The van der Waals surface area contributed by atoms with Crippen LogP contribution in [0.15, 0.2) is 42.5 Å². The monoisotopic (exact) mass is 384 g/mol. The van der Waals surface area contributed by atoms with Crippen LogP contribution in [0.25, 0.3) is 0 Å². The minimum Gasteiger partial charge on any atom is -0.370 e. The molecule has 1 heterocycles. The molecular weight excluding hydrogens is 371 g/mol. The van der Waals surface area contributed by atoms with Crippen molar-refractivity contribution in [2.24, 2.45) is 0 Å². The number of amides is 2. The molecule has 1 N–H and O–H groups in total. The van der Waals surface area contributed by atoms with Gasteiger partial charge in [-0.25, -0.2) is 4.79 Å². The summed E-state index contributed by atoms with van der Waals surface area (Å²) in [6, 6.07) is 12.2. The normalized spacial score (nSPS) is 17.6. The maximum atomic E-state index is 12.5. The van der Waals surface area contributed by atoms with E-state index in [2.05, 4.69) is 5.32 Å². The van der Waals surface area contributed by atoms with Crippen LogP contribution in [-0.4, -0.2) is 30.6 Å². The lowest BCUT2D eigenvalue weighted by molar-refractivity contribution is -0.0134. The van der Waals surface area contributed by atoms with E-state index in [0.717, 1.165) is 5.56 Å². The van der Waals surface area contributed by atoms with E-state index >= 15 is 0 Å². The molecule has 0 radical (unpaired) electrons. The number of anilines is 1. The van der Waals surface area contributed by atoms with Crippen molar-refractivity contribution in [3.63, 3.8) is 0 Å². The Morgan fingerprint density at radius 2 is 1.83 bits per heavy atom. The predicted molar refractivity (Wildman–Crippen MR) is 97.2 cm³/mol. The second-order valence-corrected chi connectivity index (χ2v) is 6.70. The van der Waals surface area contributed by atoms with Gasteiger partial charge in [0, 0.05) is 16.6 Å². The second kappa shape index (κ2) is 7.62. The summed E-state index contributed by atoms with van der Waals surface area (Å²) in [6.45, 7) is 1.35. The lowest BCUT2D eigenvalue weighted by atomic mass is 10.1. The second-order valence-electron chi connectivity index (χ2n) is 5.42. The molecule has 24 heavy (non-hydrogen) atoms. The zero-order chi connectivity index (χ0) is 17.1. The number of carbonyl (C=O) groups excluding carboxylic acids is 1. The molecule has 1 aliphatic rings. The number of rotatable bonds is 2. The minimum atomic E-state index is -0.271. The van der Waals surface area contributed by atoms with E-state index in [1.807, 2.05) is 12.1 Å².